The van der Waals surface area contributed by atoms with Crippen LogP contribution in [0.25, 0.3) is 0 Å². The summed E-state index contributed by atoms with van der Waals surface area (Å²) < 4.78 is 4.88. The molecule has 1 aliphatic carbocycles. The summed E-state index contributed by atoms with van der Waals surface area (Å²) in [5.74, 6) is -0.448. The summed E-state index contributed by atoms with van der Waals surface area (Å²) in [7, 11) is 1.36. The molecule has 5 nitrogen and oxygen atoms in total. The molecular weight excluding hydrogens is 304 g/mol. The molecule has 1 amide bonds. The maximum absolute atomic E-state index is 12.5. The van der Waals surface area contributed by atoms with Crippen molar-refractivity contribution < 1.29 is 14.3 Å². The number of carbonyl (C=O) groups excluding carboxylic acids is 2. The molecule has 24 heavy (non-hydrogen) atoms. The molecule has 1 saturated carbocycles. The van der Waals surface area contributed by atoms with Crippen LogP contribution >= 0.6 is 0 Å². The molecule has 0 saturated heterocycles. The van der Waals surface area contributed by atoms with E-state index in [1.54, 1.807) is 6.92 Å². The van der Waals surface area contributed by atoms with Gasteiger partial charge in [-0.15, -0.1) is 0 Å². The molecule has 0 heterocycles. The molecule has 1 fully saturated rings. The summed E-state index contributed by atoms with van der Waals surface area (Å²) in [6.07, 6.45) is 1.88. The van der Waals surface area contributed by atoms with Gasteiger partial charge in [0.1, 0.15) is 5.54 Å². The van der Waals surface area contributed by atoms with Crippen LogP contribution < -0.4 is 5.32 Å². The summed E-state index contributed by atoms with van der Waals surface area (Å²) in [4.78, 5) is 26.9. The predicted molar refractivity (Wildman–Crippen MR) is 93.7 cm³/mol. The van der Waals surface area contributed by atoms with Crippen molar-refractivity contribution in [3.05, 3.63) is 35.4 Å². The normalized spacial score (nSPS) is 16.5. The lowest BCUT2D eigenvalue weighted by Crippen LogP contribution is -2.54. The van der Waals surface area contributed by atoms with Gasteiger partial charge in [0.2, 0.25) is 0 Å². The minimum atomic E-state index is -0.939. The molecule has 0 aromatic heterocycles. The Morgan fingerprint density at radius 1 is 1.21 bits per heavy atom. The van der Waals surface area contributed by atoms with E-state index >= 15 is 0 Å². The van der Waals surface area contributed by atoms with Crippen LogP contribution in [-0.4, -0.2) is 42.5 Å². The van der Waals surface area contributed by atoms with Gasteiger partial charge < -0.3 is 10.1 Å². The van der Waals surface area contributed by atoms with Crippen molar-refractivity contribution in [1.82, 2.24) is 10.2 Å². The first-order chi connectivity index (χ1) is 11.4. The number of hydrogen-bond donors (Lipinski definition) is 1. The van der Waals surface area contributed by atoms with Gasteiger partial charge in [-0.05, 0) is 56.5 Å². The van der Waals surface area contributed by atoms with Crippen LogP contribution in [0.1, 0.15) is 49.5 Å². The summed E-state index contributed by atoms with van der Waals surface area (Å²) in [6, 6.07) is 7.58. The molecule has 0 aliphatic heterocycles. The monoisotopic (exact) mass is 332 g/mol. The Labute approximate surface area is 144 Å². The number of benzene rings is 1. The summed E-state index contributed by atoms with van der Waals surface area (Å²) in [6.45, 7) is 8.89. The molecular formula is C19H28N2O3. The number of nitrogens with one attached hydrogen (secondary N) is 1. The van der Waals surface area contributed by atoms with Crippen molar-refractivity contribution >= 4 is 11.9 Å². The molecule has 1 unspecified atom stereocenters. The van der Waals surface area contributed by atoms with E-state index in [4.69, 9.17) is 4.74 Å². The van der Waals surface area contributed by atoms with Gasteiger partial charge in [0.05, 0.1) is 7.11 Å². The SMILES string of the molecule is CCN(CC)Cc1ccc(C(=O)NC(C)(C(=O)OC)C2CC2)cc1. The molecule has 1 aliphatic rings. The number of ether oxygens (including phenoxy) is 1. The van der Waals surface area contributed by atoms with E-state index in [0.717, 1.165) is 32.5 Å². The first kappa shape index (κ1) is 18.5. The largest absolute Gasteiger partial charge is 0.467 e. The zero-order chi connectivity index (χ0) is 17.7. The van der Waals surface area contributed by atoms with Gasteiger partial charge in [-0.25, -0.2) is 4.79 Å². The van der Waals surface area contributed by atoms with Crippen LogP contribution in [-0.2, 0) is 16.1 Å². The number of nitrogens with zero attached hydrogens (tertiary/aromatic N) is 1. The average molecular weight is 332 g/mol. The second-order valence-corrected chi connectivity index (χ2v) is 6.58. The number of carbonyl (C=O) groups is 2. The fourth-order valence-electron chi connectivity index (χ4n) is 2.97. The smallest absolute Gasteiger partial charge is 0.331 e. The topological polar surface area (TPSA) is 58.6 Å². The van der Waals surface area contributed by atoms with E-state index < -0.39 is 5.54 Å². The predicted octanol–water partition coefficient (Wildman–Crippen LogP) is 2.60. The first-order valence-corrected chi connectivity index (χ1v) is 8.66. The third-order valence-electron chi connectivity index (χ3n) is 4.89. The van der Waals surface area contributed by atoms with Gasteiger partial charge in [0.25, 0.3) is 5.91 Å². The van der Waals surface area contributed by atoms with Crippen LogP contribution in [0.2, 0.25) is 0 Å². The highest BCUT2D eigenvalue weighted by Crippen LogP contribution is 2.40. The van der Waals surface area contributed by atoms with Gasteiger partial charge in [-0.2, -0.15) is 0 Å². The molecule has 1 N–H and O–H groups in total. The van der Waals surface area contributed by atoms with E-state index in [9.17, 15) is 9.59 Å². The first-order valence-electron chi connectivity index (χ1n) is 8.66. The van der Waals surface area contributed by atoms with Crippen LogP contribution in [0.5, 0.6) is 0 Å². The molecule has 132 valence electrons. The Morgan fingerprint density at radius 2 is 1.79 bits per heavy atom. The molecule has 1 atom stereocenters. The van der Waals surface area contributed by atoms with Crippen LogP contribution in [0.4, 0.5) is 0 Å². The van der Waals surface area contributed by atoms with E-state index in [0.29, 0.717) is 5.56 Å². The number of hydrogen-bond acceptors (Lipinski definition) is 4. The Hall–Kier alpha value is -1.88. The Bertz CT molecular complexity index is 577. The molecule has 0 spiro atoms. The quantitative estimate of drug-likeness (QED) is 0.744. The van der Waals surface area contributed by atoms with Crippen molar-refractivity contribution in [2.45, 2.75) is 45.7 Å². The minimum absolute atomic E-state index is 0.163. The summed E-state index contributed by atoms with van der Waals surface area (Å²) in [5, 5.41) is 2.88. The van der Waals surface area contributed by atoms with E-state index in [-0.39, 0.29) is 17.8 Å². The third-order valence-corrected chi connectivity index (χ3v) is 4.89. The zero-order valence-corrected chi connectivity index (χ0v) is 15.1. The maximum Gasteiger partial charge on any atom is 0.331 e. The van der Waals surface area contributed by atoms with Crippen molar-refractivity contribution in [2.24, 2.45) is 5.92 Å². The fourth-order valence-corrected chi connectivity index (χ4v) is 2.97. The highest BCUT2D eigenvalue weighted by Gasteiger charge is 2.49. The van der Waals surface area contributed by atoms with Gasteiger partial charge >= 0.3 is 5.97 Å². The Morgan fingerprint density at radius 3 is 2.25 bits per heavy atom. The van der Waals surface area contributed by atoms with Crippen LogP contribution in [0.15, 0.2) is 24.3 Å². The molecule has 1 aromatic carbocycles. The number of methoxy groups -OCH3 is 1. The molecule has 0 bridgehead atoms. The summed E-state index contributed by atoms with van der Waals surface area (Å²) in [5.41, 5.74) is 0.799. The number of rotatable bonds is 8. The number of esters is 1. The van der Waals surface area contributed by atoms with Crippen molar-refractivity contribution in [3.63, 3.8) is 0 Å². The van der Waals surface area contributed by atoms with Crippen molar-refractivity contribution in [1.29, 1.82) is 0 Å². The Kier molecular flexibility index (Phi) is 5.99. The van der Waals surface area contributed by atoms with Crippen molar-refractivity contribution in [2.75, 3.05) is 20.2 Å². The lowest BCUT2D eigenvalue weighted by molar-refractivity contribution is -0.148. The Balaban J connectivity index is 2.05. The average Bonchev–Trinajstić information content (AvgIpc) is 3.44. The van der Waals surface area contributed by atoms with Gasteiger partial charge in [-0.1, -0.05) is 26.0 Å². The standard InChI is InChI=1S/C19H28N2O3/c1-5-21(6-2)13-14-7-9-15(10-8-14)17(22)20-19(3,16-11-12-16)18(23)24-4/h7-10,16H,5-6,11-13H2,1-4H3,(H,20,22). The van der Waals surface area contributed by atoms with E-state index in [1.807, 2.05) is 24.3 Å². The molecule has 0 radical (unpaired) electrons. The minimum Gasteiger partial charge on any atom is -0.467 e. The molecule has 2 rings (SSSR count). The number of amides is 1. The highest BCUT2D eigenvalue weighted by atomic mass is 16.5. The van der Waals surface area contributed by atoms with Crippen LogP contribution in [0.3, 0.4) is 0 Å². The van der Waals surface area contributed by atoms with E-state index in [1.165, 1.54) is 12.7 Å². The van der Waals surface area contributed by atoms with Gasteiger partial charge in [0, 0.05) is 12.1 Å². The van der Waals surface area contributed by atoms with Gasteiger partial charge in [-0.3, -0.25) is 9.69 Å². The second-order valence-electron chi connectivity index (χ2n) is 6.58. The lowest BCUT2D eigenvalue weighted by atomic mass is 9.95. The summed E-state index contributed by atoms with van der Waals surface area (Å²) >= 11 is 0. The third kappa shape index (κ3) is 4.15. The molecule has 5 heteroatoms. The second kappa shape index (κ2) is 7.79. The van der Waals surface area contributed by atoms with E-state index in [2.05, 4.69) is 24.1 Å². The lowest BCUT2D eigenvalue weighted by Gasteiger charge is -2.28. The fraction of sp³-hybridized carbons (Fsp3) is 0.579. The van der Waals surface area contributed by atoms with Crippen molar-refractivity contribution in [3.8, 4) is 0 Å². The highest BCUT2D eigenvalue weighted by molar-refractivity contribution is 5.98. The zero-order valence-electron chi connectivity index (χ0n) is 15.1. The van der Waals surface area contributed by atoms with Gasteiger partial charge in [0.15, 0.2) is 0 Å². The van der Waals surface area contributed by atoms with Crippen LogP contribution in [0, 0.1) is 5.92 Å². The maximum atomic E-state index is 12.5. The molecule has 1 aromatic rings.